The van der Waals surface area contributed by atoms with Gasteiger partial charge in [0.2, 0.25) is 0 Å². The molecule has 0 fully saturated rings. The molecule has 1 aliphatic rings. The number of carbonyl (C=O) groups is 1. The van der Waals surface area contributed by atoms with Crippen LogP contribution in [0.4, 0.5) is 5.69 Å². The van der Waals surface area contributed by atoms with Crippen LogP contribution in [0.1, 0.15) is 33.4 Å². The van der Waals surface area contributed by atoms with E-state index in [2.05, 4.69) is 61.9 Å². The van der Waals surface area contributed by atoms with Crippen molar-refractivity contribution in [3.05, 3.63) is 74.9 Å². The summed E-state index contributed by atoms with van der Waals surface area (Å²) in [6, 6.07) is 14.0. The lowest BCUT2D eigenvalue weighted by Crippen LogP contribution is -2.30. The van der Waals surface area contributed by atoms with Crippen molar-refractivity contribution in [2.24, 2.45) is 7.05 Å². The van der Waals surface area contributed by atoms with Crippen molar-refractivity contribution in [3.8, 4) is 0 Å². The number of nitrogens with zero attached hydrogens (tertiary/aromatic N) is 4. The largest absolute Gasteiger partial charge is 0.345 e. The van der Waals surface area contributed by atoms with Crippen molar-refractivity contribution < 1.29 is 4.79 Å². The van der Waals surface area contributed by atoms with Crippen molar-refractivity contribution >= 4 is 45.2 Å². The van der Waals surface area contributed by atoms with Gasteiger partial charge in [0.05, 0.1) is 29.1 Å². The number of fused-ring (bicyclic) bond motifs is 2. The lowest BCUT2D eigenvalue weighted by molar-refractivity contribution is 0.0985. The molecule has 5 rings (SSSR count). The molecule has 3 heterocycles. The van der Waals surface area contributed by atoms with Gasteiger partial charge in [-0.05, 0) is 65.4 Å². The molecule has 0 aliphatic carbocycles. The van der Waals surface area contributed by atoms with E-state index in [-0.39, 0.29) is 11.9 Å². The summed E-state index contributed by atoms with van der Waals surface area (Å²) in [6.45, 7) is 1.97. The Balaban J connectivity index is 1.74. The topological polar surface area (TPSA) is 66.8 Å². The molecule has 2 aromatic heterocycles. The number of aromatic amines is 1. The predicted octanol–water partition coefficient (Wildman–Crippen LogP) is 3.96. The van der Waals surface area contributed by atoms with Crippen LogP contribution >= 0.6 is 22.6 Å². The van der Waals surface area contributed by atoms with Crippen molar-refractivity contribution in [1.29, 1.82) is 0 Å². The maximum Gasteiger partial charge on any atom is 0.277 e. The Bertz CT molecular complexity index is 1190. The van der Waals surface area contributed by atoms with Gasteiger partial charge in [0, 0.05) is 21.9 Å². The number of hydrogen-bond acceptors (Lipinski definition) is 3. The predicted molar refractivity (Wildman–Crippen MR) is 112 cm³/mol. The Labute approximate surface area is 169 Å². The van der Waals surface area contributed by atoms with Gasteiger partial charge in [0.25, 0.3) is 5.91 Å². The second kappa shape index (κ2) is 5.91. The van der Waals surface area contributed by atoms with E-state index in [1.54, 1.807) is 11.0 Å². The molecule has 0 radical (unpaired) electrons. The molecule has 0 bridgehead atoms. The van der Waals surface area contributed by atoms with E-state index in [4.69, 9.17) is 0 Å². The number of aryl methyl sites for hydroxylation is 2. The van der Waals surface area contributed by atoms with Crippen LogP contribution in [0.15, 0.2) is 48.8 Å². The zero-order valence-corrected chi connectivity index (χ0v) is 16.9. The van der Waals surface area contributed by atoms with Crippen LogP contribution in [0.2, 0.25) is 0 Å². The van der Waals surface area contributed by atoms with E-state index in [1.165, 1.54) is 0 Å². The monoisotopic (exact) mass is 469 g/mol. The van der Waals surface area contributed by atoms with Crippen LogP contribution in [-0.4, -0.2) is 25.7 Å². The molecule has 2 aromatic carbocycles. The van der Waals surface area contributed by atoms with Crippen LogP contribution in [0.25, 0.3) is 11.0 Å². The molecule has 1 amide bonds. The number of halogens is 1. The number of nitrogens with one attached hydrogen (secondary N) is 1. The number of amides is 1. The highest BCUT2D eigenvalue weighted by molar-refractivity contribution is 14.1. The first-order chi connectivity index (χ1) is 13.0. The minimum absolute atomic E-state index is 0.0319. The van der Waals surface area contributed by atoms with E-state index in [9.17, 15) is 4.79 Å². The number of benzene rings is 2. The second-order valence-electron chi connectivity index (χ2n) is 6.70. The quantitative estimate of drug-likeness (QED) is 0.452. The Morgan fingerprint density at radius 3 is 2.70 bits per heavy atom. The summed E-state index contributed by atoms with van der Waals surface area (Å²) in [5.74, 6) is -0.0319. The van der Waals surface area contributed by atoms with Crippen molar-refractivity contribution in [3.63, 3.8) is 0 Å². The standard InChI is InChI=1S/C20H16IN5O/c1-11-17-18(12-3-5-13(21)6-4-12)26(20(27)19(17)25(2)24-11)14-7-8-15-16(9-14)23-10-22-15/h3-10,18H,1-2H3,(H,22,23). The van der Waals surface area contributed by atoms with E-state index in [0.29, 0.717) is 5.69 Å². The lowest BCUT2D eigenvalue weighted by Gasteiger charge is -2.26. The first kappa shape index (κ1) is 16.5. The minimum atomic E-state index is -0.196. The van der Waals surface area contributed by atoms with E-state index in [1.807, 2.05) is 37.1 Å². The molecular formula is C20H16IN5O. The zero-order valence-electron chi connectivity index (χ0n) is 14.8. The average molecular weight is 469 g/mol. The summed E-state index contributed by atoms with van der Waals surface area (Å²) < 4.78 is 2.86. The molecule has 1 aliphatic heterocycles. The van der Waals surface area contributed by atoms with Gasteiger partial charge in [-0.25, -0.2) is 4.98 Å². The van der Waals surface area contributed by atoms with Crippen LogP contribution in [0.3, 0.4) is 0 Å². The molecule has 0 saturated heterocycles. The van der Waals surface area contributed by atoms with Crippen LogP contribution in [-0.2, 0) is 7.05 Å². The first-order valence-electron chi connectivity index (χ1n) is 8.60. The van der Waals surface area contributed by atoms with E-state index < -0.39 is 0 Å². The summed E-state index contributed by atoms with van der Waals surface area (Å²) in [5.41, 5.74) is 6.22. The third-order valence-electron chi connectivity index (χ3n) is 5.09. The molecule has 134 valence electrons. The smallest absolute Gasteiger partial charge is 0.277 e. The van der Waals surface area contributed by atoms with Gasteiger partial charge in [0.15, 0.2) is 0 Å². The third kappa shape index (κ3) is 2.41. The van der Waals surface area contributed by atoms with E-state index >= 15 is 0 Å². The van der Waals surface area contributed by atoms with Crippen LogP contribution < -0.4 is 4.90 Å². The van der Waals surface area contributed by atoms with E-state index in [0.717, 1.165) is 37.1 Å². The fourth-order valence-electron chi connectivity index (χ4n) is 3.92. The maximum absolute atomic E-state index is 13.4. The fraction of sp³-hybridized carbons (Fsp3) is 0.150. The van der Waals surface area contributed by atoms with Crippen LogP contribution in [0.5, 0.6) is 0 Å². The number of imidazole rings is 1. The third-order valence-corrected chi connectivity index (χ3v) is 5.81. The average Bonchev–Trinajstić information content (AvgIpc) is 3.31. The molecule has 1 atom stereocenters. The van der Waals surface area contributed by atoms with Crippen LogP contribution in [0, 0.1) is 10.5 Å². The highest BCUT2D eigenvalue weighted by Crippen LogP contribution is 2.43. The van der Waals surface area contributed by atoms with Gasteiger partial charge in [-0.2, -0.15) is 5.10 Å². The van der Waals surface area contributed by atoms with Gasteiger partial charge in [-0.15, -0.1) is 0 Å². The summed E-state index contributed by atoms with van der Waals surface area (Å²) in [7, 11) is 1.83. The number of rotatable bonds is 2. The highest BCUT2D eigenvalue weighted by atomic mass is 127. The fourth-order valence-corrected chi connectivity index (χ4v) is 4.28. The van der Waals surface area contributed by atoms with Crippen molar-refractivity contribution in [1.82, 2.24) is 19.7 Å². The number of aromatic nitrogens is 4. The van der Waals surface area contributed by atoms with Crippen molar-refractivity contribution in [2.75, 3.05) is 4.90 Å². The number of hydrogen-bond donors (Lipinski definition) is 1. The molecule has 6 nitrogen and oxygen atoms in total. The molecule has 1 N–H and O–H groups in total. The molecule has 27 heavy (non-hydrogen) atoms. The van der Waals surface area contributed by atoms with Gasteiger partial charge in [-0.3, -0.25) is 14.4 Å². The molecule has 0 spiro atoms. The normalized spacial score (nSPS) is 16.3. The van der Waals surface area contributed by atoms with Gasteiger partial charge < -0.3 is 4.98 Å². The minimum Gasteiger partial charge on any atom is -0.345 e. The zero-order chi connectivity index (χ0) is 18.7. The maximum atomic E-state index is 13.4. The molecule has 0 saturated carbocycles. The highest BCUT2D eigenvalue weighted by Gasteiger charge is 2.43. The Morgan fingerprint density at radius 1 is 1.15 bits per heavy atom. The number of anilines is 1. The molecule has 7 heteroatoms. The molecule has 4 aromatic rings. The lowest BCUT2D eigenvalue weighted by atomic mass is 9.99. The first-order valence-corrected chi connectivity index (χ1v) is 9.68. The Hall–Kier alpha value is -2.68. The number of carbonyl (C=O) groups excluding carboxylic acids is 1. The summed E-state index contributed by atoms with van der Waals surface area (Å²) >= 11 is 2.29. The SMILES string of the molecule is Cc1nn(C)c2c1C(c1ccc(I)cc1)N(c1ccc3nc[nH]c3c1)C2=O. The Kier molecular flexibility index (Phi) is 3.61. The van der Waals surface area contributed by atoms with Crippen molar-refractivity contribution in [2.45, 2.75) is 13.0 Å². The van der Waals surface area contributed by atoms with Gasteiger partial charge >= 0.3 is 0 Å². The molecular weight excluding hydrogens is 453 g/mol. The second-order valence-corrected chi connectivity index (χ2v) is 7.95. The van der Waals surface area contributed by atoms with Gasteiger partial charge in [0.1, 0.15) is 5.69 Å². The summed E-state index contributed by atoms with van der Waals surface area (Å²) in [6.07, 6.45) is 1.67. The molecule has 1 unspecified atom stereocenters. The summed E-state index contributed by atoms with van der Waals surface area (Å²) in [5, 5.41) is 4.50. The Morgan fingerprint density at radius 2 is 1.93 bits per heavy atom. The number of H-pyrrole nitrogens is 1. The summed E-state index contributed by atoms with van der Waals surface area (Å²) in [4.78, 5) is 22.7. The van der Waals surface area contributed by atoms with Gasteiger partial charge in [-0.1, -0.05) is 12.1 Å².